The van der Waals surface area contributed by atoms with E-state index < -0.39 is 6.10 Å². The molecule has 0 saturated heterocycles. The largest absolute Gasteiger partial charge is 0.467 e. The van der Waals surface area contributed by atoms with Crippen LogP contribution in [0.4, 0.5) is 0 Å². The van der Waals surface area contributed by atoms with Crippen LogP contribution in [-0.2, 0) is 14.3 Å². The van der Waals surface area contributed by atoms with Crippen molar-refractivity contribution in [1.82, 2.24) is 0 Å². The maximum absolute atomic E-state index is 11.3. The van der Waals surface area contributed by atoms with Crippen LogP contribution >= 0.6 is 0 Å². The lowest BCUT2D eigenvalue weighted by Gasteiger charge is -2.37. The molecule has 1 saturated carbocycles. The number of hydrogen-bond acceptors (Lipinski definition) is 4. The van der Waals surface area contributed by atoms with E-state index in [-0.39, 0.29) is 11.6 Å². The summed E-state index contributed by atoms with van der Waals surface area (Å²) in [6, 6.07) is 0. The van der Waals surface area contributed by atoms with Gasteiger partial charge in [0.1, 0.15) is 0 Å². The van der Waals surface area contributed by atoms with Gasteiger partial charge in [-0.2, -0.15) is 0 Å². The van der Waals surface area contributed by atoms with Crippen molar-refractivity contribution in [3.63, 3.8) is 0 Å². The highest BCUT2D eigenvalue weighted by Gasteiger charge is 2.35. The van der Waals surface area contributed by atoms with Gasteiger partial charge in [0.25, 0.3) is 0 Å². The Kier molecular flexibility index (Phi) is 4.54. The molecule has 4 nitrogen and oxygen atoms in total. The third-order valence-corrected chi connectivity index (χ3v) is 3.10. The Morgan fingerprint density at radius 1 is 1.40 bits per heavy atom. The van der Waals surface area contributed by atoms with Crippen molar-refractivity contribution in [1.29, 1.82) is 0 Å². The molecule has 0 radical (unpaired) electrons. The Balaban J connectivity index is 2.54. The van der Waals surface area contributed by atoms with E-state index in [0.717, 1.165) is 25.7 Å². The summed E-state index contributed by atoms with van der Waals surface area (Å²) in [5, 5.41) is 0. The van der Waals surface area contributed by atoms with Gasteiger partial charge < -0.3 is 15.2 Å². The van der Waals surface area contributed by atoms with Crippen LogP contribution in [0, 0.1) is 0 Å². The van der Waals surface area contributed by atoms with Crippen LogP contribution in [0.25, 0.3) is 0 Å². The minimum Gasteiger partial charge on any atom is -0.467 e. The number of rotatable bonds is 4. The van der Waals surface area contributed by atoms with Gasteiger partial charge in [0.2, 0.25) is 0 Å². The van der Waals surface area contributed by atoms with Gasteiger partial charge in [0, 0.05) is 6.54 Å². The summed E-state index contributed by atoms with van der Waals surface area (Å²) in [4.78, 5) is 11.3. The Labute approximate surface area is 91.1 Å². The molecule has 1 aliphatic rings. The Bertz CT molecular complexity index is 212. The van der Waals surface area contributed by atoms with Crippen LogP contribution in [0.2, 0.25) is 0 Å². The van der Waals surface area contributed by atoms with Crippen molar-refractivity contribution in [3.8, 4) is 0 Å². The lowest BCUT2D eigenvalue weighted by atomic mass is 9.84. The molecule has 1 fully saturated rings. The molecule has 1 atom stereocenters. The zero-order chi connectivity index (χ0) is 11.3. The van der Waals surface area contributed by atoms with Crippen molar-refractivity contribution in [3.05, 3.63) is 0 Å². The summed E-state index contributed by atoms with van der Waals surface area (Å²) in [5.74, 6) is -0.326. The van der Waals surface area contributed by atoms with Crippen LogP contribution in [0.5, 0.6) is 0 Å². The summed E-state index contributed by atoms with van der Waals surface area (Å²) in [6.07, 6.45) is 4.88. The number of nitrogens with two attached hydrogens (primary N) is 1. The monoisotopic (exact) mass is 215 g/mol. The molecular formula is C11H21NO3. The fourth-order valence-electron chi connectivity index (χ4n) is 2.16. The summed E-state index contributed by atoms with van der Waals surface area (Å²) in [7, 11) is 1.37. The van der Waals surface area contributed by atoms with Gasteiger partial charge in [0.15, 0.2) is 6.10 Å². The molecule has 1 unspecified atom stereocenters. The van der Waals surface area contributed by atoms with Crippen LogP contribution in [0.3, 0.4) is 0 Å². The highest BCUT2D eigenvalue weighted by molar-refractivity contribution is 5.74. The molecule has 2 N–H and O–H groups in total. The number of carbonyl (C=O) groups is 1. The van der Waals surface area contributed by atoms with E-state index in [1.807, 2.05) is 0 Å². The average molecular weight is 215 g/mol. The van der Waals surface area contributed by atoms with Crippen molar-refractivity contribution < 1.29 is 14.3 Å². The van der Waals surface area contributed by atoms with Crippen molar-refractivity contribution >= 4 is 5.97 Å². The zero-order valence-corrected chi connectivity index (χ0v) is 9.62. The summed E-state index contributed by atoms with van der Waals surface area (Å²) in [6.45, 7) is 2.20. The van der Waals surface area contributed by atoms with Gasteiger partial charge in [-0.05, 0) is 19.8 Å². The number of ether oxygens (including phenoxy) is 2. The number of hydrogen-bond donors (Lipinski definition) is 1. The Hall–Kier alpha value is -0.610. The van der Waals surface area contributed by atoms with Gasteiger partial charge in [-0.25, -0.2) is 4.79 Å². The summed E-state index contributed by atoms with van der Waals surface area (Å²) < 4.78 is 10.4. The average Bonchev–Trinajstić information content (AvgIpc) is 2.29. The molecule has 1 aliphatic carbocycles. The quantitative estimate of drug-likeness (QED) is 0.716. The molecule has 88 valence electrons. The summed E-state index contributed by atoms with van der Waals surface area (Å²) in [5.41, 5.74) is 5.45. The molecule has 0 aromatic rings. The standard InChI is InChI=1S/C11H21NO3/c1-9(10(13)14-2)15-11(8-12)6-4-3-5-7-11/h9H,3-8,12H2,1-2H3. The Morgan fingerprint density at radius 3 is 2.47 bits per heavy atom. The predicted octanol–water partition coefficient (Wildman–Crippen LogP) is 1.23. The van der Waals surface area contributed by atoms with Gasteiger partial charge in [-0.3, -0.25) is 0 Å². The first-order valence-electron chi connectivity index (χ1n) is 5.59. The maximum atomic E-state index is 11.3. The SMILES string of the molecule is COC(=O)C(C)OC1(CN)CCCCC1. The second-order valence-electron chi connectivity index (χ2n) is 4.23. The number of carbonyl (C=O) groups excluding carboxylic acids is 1. The normalized spacial score (nSPS) is 22.1. The third-order valence-electron chi connectivity index (χ3n) is 3.10. The highest BCUT2D eigenvalue weighted by atomic mass is 16.6. The van der Waals surface area contributed by atoms with Gasteiger partial charge in [-0.1, -0.05) is 19.3 Å². The maximum Gasteiger partial charge on any atom is 0.334 e. The molecule has 0 spiro atoms. The van der Waals surface area contributed by atoms with Crippen molar-refractivity contribution in [2.24, 2.45) is 5.73 Å². The fourth-order valence-corrected chi connectivity index (χ4v) is 2.16. The van der Waals surface area contributed by atoms with Gasteiger partial charge in [-0.15, -0.1) is 0 Å². The first-order chi connectivity index (χ1) is 7.13. The van der Waals surface area contributed by atoms with E-state index in [1.54, 1.807) is 6.92 Å². The van der Waals surface area contributed by atoms with Crippen molar-refractivity contribution in [2.45, 2.75) is 50.7 Å². The number of esters is 1. The van der Waals surface area contributed by atoms with Crippen LogP contribution < -0.4 is 5.73 Å². The first-order valence-corrected chi connectivity index (χ1v) is 5.59. The molecule has 0 aliphatic heterocycles. The van der Waals surface area contributed by atoms with E-state index in [4.69, 9.17) is 10.5 Å². The van der Waals surface area contributed by atoms with E-state index in [1.165, 1.54) is 13.5 Å². The predicted molar refractivity (Wildman–Crippen MR) is 57.4 cm³/mol. The minimum absolute atomic E-state index is 0.300. The van der Waals surface area contributed by atoms with Gasteiger partial charge in [0.05, 0.1) is 12.7 Å². The van der Waals surface area contributed by atoms with Crippen LogP contribution in [0.1, 0.15) is 39.0 Å². The molecule has 0 heterocycles. The van der Waals surface area contributed by atoms with Gasteiger partial charge >= 0.3 is 5.97 Å². The molecule has 15 heavy (non-hydrogen) atoms. The molecule has 0 bridgehead atoms. The minimum atomic E-state index is -0.517. The lowest BCUT2D eigenvalue weighted by molar-refractivity contribution is -0.168. The fraction of sp³-hybridized carbons (Fsp3) is 0.909. The lowest BCUT2D eigenvalue weighted by Crippen LogP contribution is -2.46. The van der Waals surface area contributed by atoms with E-state index in [2.05, 4.69) is 4.74 Å². The zero-order valence-electron chi connectivity index (χ0n) is 9.62. The molecule has 0 amide bonds. The van der Waals surface area contributed by atoms with E-state index in [9.17, 15) is 4.79 Å². The topological polar surface area (TPSA) is 61.5 Å². The Morgan fingerprint density at radius 2 is 2.00 bits per heavy atom. The van der Waals surface area contributed by atoms with Crippen LogP contribution in [-0.4, -0.2) is 31.3 Å². The van der Waals surface area contributed by atoms with Crippen molar-refractivity contribution in [2.75, 3.05) is 13.7 Å². The molecule has 4 heteroatoms. The summed E-state index contributed by atoms with van der Waals surface area (Å²) >= 11 is 0. The highest BCUT2D eigenvalue weighted by Crippen LogP contribution is 2.31. The first kappa shape index (κ1) is 12.5. The smallest absolute Gasteiger partial charge is 0.334 e. The molecule has 0 aromatic carbocycles. The van der Waals surface area contributed by atoms with E-state index >= 15 is 0 Å². The number of methoxy groups -OCH3 is 1. The molecular weight excluding hydrogens is 194 g/mol. The van der Waals surface area contributed by atoms with Crippen LogP contribution in [0.15, 0.2) is 0 Å². The third kappa shape index (κ3) is 3.18. The second kappa shape index (κ2) is 5.47. The van der Waals surface area contributed by atoms with E-state index in [0.29, 0.717) is 6.54 Å². The molecule has 0 aromatic heterocycles. The molecule has 1 rings (SSSR count). The second-order valence-corrected chi connectivity index (χ2v) is 4.23.